The van der Waals surface area contributed by atoms with E-state index in [0.717, 1.165) is 6.42 Å². The first kappa shape index (κ1) is 23.7. The minimum Gasteiger partial charge on any atom is -0.493 e. The molecule has 1 aliphatic heterocycles. The predicted octanol–water partition coefficient (Wildman–Crippen LogP) is 4.03. The van der Waals surface area contributed by atoms with Gasteiger partial charge in [0.2, 0.25) is 5.75 Å². The Kier molecular flexibility index (Phi) is 7.41. The first-order valence-corrected chi connectivity index (χ1v) is 11.6. The maximum absolute atomic E-state index is 14.9. The van der Waals surface area contributed by atoms with E-state index in [1.807, 2.05) is 0 Å². The van der Waals surface area contributed by atoms with Crippen LogP contribution in [0.5, 0.6) is 17.2 Å². The number of hydrogen-bond acceptors (Lipinski definition) is 8. The number of thioether (sulfide) groups is 1. The van der Waals surface area contributed by atoms with E-state index in [0.29, 0.717) is 64.9 Å². The van der Waals surface area contributed by atoms with Gasteiger partial charge in [-0.1, -0.05) is 23.9 Å². The molecule has 0 atom stereocenters. The average molecular weight is 489 g/mol. The highest BCUT2D eigenvalue weighted by Gasteiger charge is 2.23. The number of carbonyl (C=O) groups is 1. The SMILES string of the molecule is COc1cc(-c2nnc(SCCCN3CCOC3=O)n2-c2ccccc2F)cc(OC)c1OC. The number of rotatable bonds is 10. The molecule has 1 fully saturated rings. The second-order valence-corrected chi connectivity index (χ2v) is 8.37. The summed E-state index contributed by atoms with van der Waals surface area (Å²) in [4.78, 5) is 13.3. The molecule has 2 heterocycles. The summed E-state index contributed by atoms with van der Waals surface area (Å²) in [5.74, 6) is 2.03. The van der Waals surface area contributed by atoms with Crippen molar-refractivity contribution in [3.05, 3.63) is 42.2 Å². The zero-order valence-corrected chi connectivity index (χ0v) is 19.9. The van der Waals surface area contributed by atoms with Crippen LogP contribution in [0.1, 0.15) is 6.42 Å². The number of nitrogens with zero attached hydrogens (tertiary/aromatic N) is 4. The Morgan fingerprint density at radius 1 is 1.09 bits per heavy atom. The summed E-state index contributed by atoms with van der Waals surface area (Å²) in [5, 5.41) is 9.23. The number of halogens is 1. The van der Waals surface area contributed by atoms with Crippen molar-refractivity contribution in [1.82, 2.24) is 19.7 Å². The molecule has 180 valence electrons. The van der Waals surface area contributed by atoms with Crippen molar-refractivity contribution in [1.29, 1.82) is 0 Å². The molecular weight excluding hydrogens is 463 g/mol. The lowest BCUT2D eigenvalue weighted by molar-refractivity contribution is 0.158. The summed E-state index contributed by atoms with van der Waals surface area (Å²) in [5.41, 5.74) is 0.943. The van der Waals surface area contributed by atoms with E-state index in [4.69, 9.17) is 18.9 Å². The summed E-state index contributed by atoms with van der Waals surface area (Å²) in [7, 11) is 4.58. The van der Waals surface area contributed by atoms with E-state index in [1.165, 1.54) is 39.2 Å². The first-order chi connectivity index (χ1) is 16.6. The van der Waals surface area contributed by atoms with E-state index in [9.17, 15) is 9.18 Å². The average Bonchev–Trinajstić information content (AvgIpc) is 3.47. The van der Waals surface area contributed by atoms with Crippen molar-refractivity contribution in [2.45, 2.75) is 11.6 Å². The summed E-state index contributed by atoms with van der Waals surface area (Å²) >= 11 is 1.43. The van der Waals surface area contributed by atoms with Crippen molar-refractivity contribution < 1.29 is 28.1 Å². The fourth-order valence-electron chi connectivity index (χ4n) is 3.66. The standard InChI is InChI=1S/C23H25FN4O5S/c1-30-18-13-15(14-19(31-2)20(18)32-3)21-25-26-22(28(21)17-8-5-4-7-16(17)24)34-12-6-9-27-10-11-33-23(27)29/h4-5,7-8,13-14H,6,9-12H2,1-3H3. The van der Waals surface area contributed by atoms with Crippen molar-refractivity contribution in [2.75, 3.05) is 46.8 Å². The van der Waals surface area contributed by atoms with Crippen LogP contribution in [-0.2, 0) is 4.74 Å². The number of ether oxygens (including phenoxy) is 4. The third kappa shape index (κ3) is 4.74. The maximum Gasteiger partial charge on any atom is 0.409 e. The van der Waals surface area contributed by atoms with Gasteiger partial charge in [0.1, 0.15) is 12.4 Å². The van der Waals surface area contributed by atoms with E-state index in [2.05, 4.69) is 10.2 Å². The molecule has 0 saturated carbocycles. The molecule has 11 heteroatoms. The Morgan fingerprint density at radius 3 is 2.44 bits per heavy atom. The number of benzene rings is 2. The minimum atomic E-state index is -0.405. The normalized spacial score (nSPS) is 13.2. The second-order valence-electron chi connectivity index (χ2n) is 7.31. The molecule has 1 aliphatic rings. The number of amides is 1. The van der Waals surface area contributed by atoms with Crippen LogP contribution in [0.15, 0.2) is 41.6 Å². The van der Waals surface area contributed by atoms with Crippen molar-refractivity contribution in [3.8, 4) is 34.3 Å². The fraction of sp³-hybridized carbons (Fsp3) is 0.348. The van der Waals surface area contributed by atoms with Gasteiger partial charge in [0.05, 0.1) is 33.6 Å². The first-order valence-electron chi connectivity index (χ1n) is 10.6. The molecule has 0 aliphatic carbocycles. The van der Waals surface area contributed by atoms with Gasteiger partial charge in [-0.3, -0.25) is 4.57 Å². The lowest BCUT2D eigenvalue weighted by Crippen LogP contribution is -2.25. The number of hydrogen-bond donors (Lipinski definition) is 0. The van der Waals surface area contributed by atoms with Gasteiger partial charge in [0, 0.05) is 17.9 Å². The molecule has 4 rings (SSSR count). The third-order valence-corrected chi connectivity index (χ3v) is 6.31. The van der Waals surface area contributed by atoms with Crippen LogP contribution >= 0.6 is 11.8 Å². The van der Waals surface area contributed by atoms with E-state index >= 15 is 0 Å². The lowest BCUT2D eigenvalue weighted by Gasteiger charge is -2.15. The Hall–Kier alpha value is -3.47. The van der Waals surface area contributed by atoms with Gasteiger partial charge in [0.15, 0.2) is 22.5 Å². The largest absolute Gasteiger partial charge is 0.493 e. The zero-order valence-electron chi connectivity index (χ0n) is 19.1. The number of carbonyl (C=O) groups excluding carboxylic acids is 1. The number of aromatic nitrogens is 3. The van der Waals surface area contributed by atoms with Gasteiger partial charge < -0.3 is 23.8 Å². The summed E-state index contributed by atoms with van der Waals surface area (Å²) in [6, 6.07) is 9.94. The molecule has 0 unspecified atom stereocenters. The van der Waals surface area contributed by atoms with Gasteiger partial charge >= 0.3 is 6.09 Å². The monoisotopic (exact) mass is 488 g/mol. The molecule has 2 aromatic carbocycles. The quantitative estimate of drug-likeness (QED) is 0.312. The molecule has 1 amide bonds. The Bertz CT molecular complexity index is 1150. The number of para-hydroxylation sites is 1. The molecule has 9 nitrogen and oxygen atoms in total. The summed E-state index contributed by atoms with van der Waals surface area (Å²) < 4.78 is 37.8. The van der Waals surface area contributed by atoms with Crippen LogP contribution in [0, 0.1) is 5.82 Å². The Balaban J connectivity index is 1.68. The van der Waals surface area contributed by atoms with E-state index in [-0.39, 0.29) is 6.09 Å². The van der Waals surface area contributed by atoms with Crippen molar-refractivity contribution in [2.24, 2.45) is 0 Å². The molecule has 1 saturated heterocycles. The van der Waals surface area contributed by atoms with Crippen LogP contribution in [0.3, 0.4) is 0 Å². The molecule has 34 heavy (non-hydrogen) atoms. The van der Waals surface area contributed by atoms with Gasteiger partial charge in [-0.15, -0.1) is 10.2 Å². The fourth-order valence-corrected chi connectivity index (χ4v) is 4.53. The molecule has 0 N–H and O–H groups in total. The van der Waals surface area contributed by atoms with Crippen LogP contribution in [0.4, 0.5) is 9.18 Å². The summed E-state index contributed by atoms with van der Waals surface area (Å²) in [6.45, 7) is 1.60. The molecule has 3 aromatic rings. The number of cyclic esters (lactones) is 1. The van der Waals surface area contributed by atoms with Crippen LogP contribution in [-0.4, -0.2) is 72.5 Å². The molecular formula is C23H25FN4O5S. The molecule has 1 aromatic heterocycles. The Morgan fingerprint density at radius 2 is 1.82 bits per heavy atom. The highest BCUT2D eigenvalue weighted by molar-refractivity contribution is 7.99. The molecule has 0 bridgehead atoms. The highest BCUT2D eigenvalue weighted by Crippen LogP contribution is 2.41. The van der Waals surface area contributed by atoms with E-state index < -0.39 is 5.82 Å². The minimum absolute atomic E-state index is 0.288. The smallest absolute Gasteiger partial charge is 0.409 e. The molecule has 0 spiro atoms. The van der Waals surface area contributed by atoms with Gasteiger partial charge in [-0.05, 0) is 30.7 Å². The van der Waals surface area contributed by atoms with Gasteiger partial charge in [-0.2, -0.15) is 0 Å². The Labute approximate surface area is 200 Å². The summed E-state index contributed by atoms with van der Waals surface area (Å²) in [6.07, 6.45) is 0.438. The highest BCUT2D eigenvalue weighted by atomic mass is 32.2. The van der Waals surface area contributed by atoms with Gasteiger partial charge in [0.25, 0.3) is 0 Å². The van der Waals surface area contributed by atoms with Crippen molar-refractivity contribution >= 4 is 17.9 Å². The van der Waals surface area contributed by atoms with Crippen LogP contribution < -0.4 is 14.2 Å². The predicted molar refractivity (Wildman–Crippen MR) is 125 cm³/mol. The third-order valence-electron chi connectivity index (χ3n) is 5.30. The second kappa shape index (κ2) is 10.6. The van der Waals surface area contributed by atoms with Crippen molar-refractivity contribution in [3.63, 3.8) is 0 Å². The lowest BCUT2D eigenvalue weighted by atomic mass is 10.1. The number of methoxy groups -OCH3 is 3. The van der Waals surface area contributed by atoms with E-state index in [1.54, 1.807) is 39.8 Å². The van der Waals surface area contributed by atoms with Crippen LogP contribution in [0.2, 0.25) is 0 Å². The van der Waals surface area contributed by atoms with Gasteiger partial charge in [-0.25, -0.2) is 9.18 Å². The molecule has 0 radical (unpaired) electrons. The topological polar surface area (TPSA) is 87.9 Å². The van der Waals surface area contributed by atoms with Crippen LogP contribution in [0.25, 0.3) is 17.1 Å². The zero-order chi connectivity index (χ0) is 24.1. The maximum atomic E-state index is 14.9.